The average molecular weight is 545 g/mol. The molecule has 1 atom stereocenters. The van der Waals surface area contributed by atoms with Crippen LogP contribution in [0.3, 0.4) is 0 Å². The first-order valence-electron chi connectivity index (χ1n) is 12.7. The smallest absolute Gasteiger partial charge is 0.267 e. The molecule has 0 spiro atoms. The van der Waals surface area contributed by atoms with Gasteiger partial charge in [-0.2, -0.15) is 5.10 Å². The molecule has 6 aromatic rings. The third kappa shape index (κ3) is 4.45. The van der Waals surface area contributed by atoms with Crippen LogP contribution in [-0.2, 0) is 7.05 Å². The monoisotopic (exact) mass is 544 g/mol. The summed E-state index contributed by atoms with van der Waals surface area (Å²) in [6, 6.07) is 13.8. The van der Waals surface area contributed by atoms with Gasteiger partial charge in [-0.1, -0.05) is 36.1 Å². The van der Waals surface area contributed by atoms with Crippen molar-refractivity contribution in [2.75, 3.05) is 5.73 Å². The minimum Gasteiger partial charge on any atom is -0.381 e. The zero-order chi connectivity index (χ0) is 28.7. The predicted molar refractivity (Wildman–Crippen MR) is 152 cm³/mol. The summed E-state index contributed by atoms with van der Waals surface area (Å²) in [7, 11) is 1.85. The van der Waals surface area contributed by atoms with E-state index >= 15 is 0 Å². The molecule has 0 fully saturated rings. The molecule has 0 saturated heterocycles. The Hall–Kier alpha value is -5.83. The third-order valence-electron chi connectivity index (χ3n) is 6.82. The van der Waals surface area contributed by atoms with Gasteiger partial charge < -0.3 is 11.1 Å². The molecule has 12 nitrogen and oxygen atoms in total. The highest BCUT2D eigenvalue weighted by Gasteiger charge is 2.24. The summed E-state index contributed by atoms with van der Waals surface area (Å²) in [5, 5.41) is 15.6. The molecule has 41 heavy (non-hydrogen) atoms. The summed E-state index contributed by atoms with van der Waals surface area (Å²) in [6.07, 6.45) is 4.46. The minimum absolute atomic E-state index is 0.00851. The highest BCUT2D eigenvalue weighted by Crippen LogP contribution is 2.22. The molecule has 1 amide bonds. The quantitative estimate of drug-likeness (QED) is 0.321. The van der Waals surface area contributed by atoms with Crippen LogP contribution in [0.4, 0.5) is 5.82 Å². The number of nitrogens with two attached hydrogens (primary N) is 1. The van der Waals surface area contributed by atoms with Gasteiger partial charge in [-0.05, 0) is 38.1 Å². The molecule has 4 heterocycles. The molecule has 0 aliphatic rings. The van der Waals surface area contributed by atoms with Crippen LogP contribution < -0.4 is 16.6 Å². The lowest BCUT2D eigenvalue weighted by molar-refractivity contribution is 0.0940. The second kappa shape index (κ2) is 10.0. The molecule has 12 heteroatoms. The van der Waals surface area contributed by atoms with Crippen molar-refractivity contribution in [2.45, 2.75) is 19.9 Å². The molecule has 6 rings (SSSR count). The number of fused-ring (bicyclic) bond motifs is 2. The Labute approximate surface area is 233 Å². The van der Waals surface area contributed by atoms with E-state index in [2.05, 4.69) is 37.4 Å². The van der Waals surface area contributed by atoms with Crippen LogP contribution in [0.15, 0.2) is 72.0 Å². The second-order valence-electron chi connectivity index (χ2n) is 9.40. The highest BCUT2D eigenvalue weighted by molar-refractivity contribution is 6.05. The normalized spacial score (nSPS) is 11.8. The fraction of sp³-hybridized carbons (Fsp3) is 0.138. The Morgan fingerprint density at radius 1 is 1.02 bits per heavy atom. The van der Waals surface area contributed by atoms with Gasteiger partial charge in [0.1, 0.15) is 23.2 Å². The van der Waals surface area contributed by atoms with E-state index < -0.39 is 11.9 Å². The van der Waals surface area contributed by atoms with E-state index in [9.17, 15) is 9.59 Å². The van der Waals surface area contributed by atoms with Gasteiger partial charge in [-0.25, -0.2) is 9.97 Å². The largest absolute Gasteiger partial charge is 0.381 e. The van der Waals surface area contributed by atoms with Crippen LogP contribution >= 0.6 is 0 Å². The zero-order valence-electron chi connectivity index (χ0n) is 22.4. The summed E-state index contributed by atoms with van der Waals surface area (Å²) >= 11 is 0. The van der Waals surface area contributed by atoms with Crippen LogP contribution in [0.25, 0.3) is 22.1 Å². The number of nitrogens with zero attached hydrogens (tertiary/aromatic N) is 8. The van der Waals surface area contributed by atoms with Crippen molar-refractivity contribution in [3.63, 3.8) is 0 Å². The predicted octanol–water partition coefficient (Wildman–Crippen LogP) is 2.34. The van der Waals surface area contributed by atoms with Crippen LogP contribution in [0.2, 0.25) is 0 Å². The molecule has 0 aliphatic carbocycles. The van der Waals surface area contributed by atoms with E-state index in [0.717, 1.165) is 11.3 Å². The number of carbonyl (C=O) groups is 1. The lowest BCUT2D eigenvalue weighted by Gasteiger charge is -2.20. The molecular weight excluding hydrogens is 520 g/mol. The summed E-state index contributed by atoms with van der Waals surface area (Å²) in [6.45, 7) is 3.68. The lowest BCUT2D eigenvalue weighted by Crippen LogP contribution is -2.33. The van der Waals surface area contributed by atoms with Crippen LogP contribution in [0.1, 0.15) is 46.0 Å². The maximum absolute atomic E-state index is 14.2. The van der Waals surface area contributed by atoms with Crippen molar-refractivity contribution >= 4 is 28.1 Å². The summed E-state index contributed by atoms with van der Waals surface area (Å²) < 4.78 is 4.48. The molecular formula is C29H24N10O2. The number of benzene rings is 2. The molecule has 0 radical (unpaired) electrons. The fourth-order valence-electron chi connectivity index (χ4n) is 4.61. The molecule has 0 bridgehead atoms. The van der Waals surface area contributed by atoms with Gasteiger partial charge in [0.05, 0.1) is 46.3 Å². The van der Waals surface area contributed by atoms with Crippen molar-refractivity contribution in [2.24, 2.45) is 7.05 Å². The Balaban J connectivity index is 1.48. The number of anilines is 1. The Morgan fingerprint density at radius 3 is 2.56 bits per heavy atom. The van der Waals surface area contributed by atoms with Crippen molar-refractivity contribution < 1.29 is 4.79 Å². The summed E-state index contributed by atoms with van der Waals surface area (Å²) in [4.78, 5) is 36.4. The molecule has 0 saturated carbocycles. The number of nitrogen functional groups attached to an aromatic ring is 1. The van der Waals surface area contributed by atoms with Crippen molar-refractivity contribution in [3.8, 4) is 17.5 Å². The molecule has 0 aliphatic heterocycles. The first-order chi connectivity index (χ1) is 19.8. The second-order valence-corrected chi connectivity index (χ2v) is 9.40. The number of aromatic nitrogens is 8. The first kappa shape index (κ1) is 25.4. The van der Waals surface area contributed by atoms with Crippen molar-refractivity contribution in [1.29, 1.82) is 0 Å². The topological polar surface area (TPSA) is 151 Å². The van der Waals surface area contributed by atoms with Crippen LogP contribution in [0, 0.1) is 18.8 Å². The van der Waals surface area contributed by atoms with E-state index in [4.69, 9.17) is 10.7 Å². The van der Waals surface area contributed by atoms with Gasteiger partial charge in [0.15, 0.2) is 5.82 Å². The number of hydrogen-bond acceptors (Lipinski definition) is 8. The minimum atomic E-state index is -0.702. The van der Waals surface area contributed by atoms with Gasteiger partial charge in [0.25, 0.3) is 11.5 Å². The Morgan fingerprint density at radius 2 is 1.80 bits per heavy atom. The summed E-state index contributed by atoms with van der Waals surface area (Å²) in [5.74, 6) is 6.11. The van der Waals surface area contributed by atoms with E-state index in [0.29, 0.717) is 33.5 Å². The molecule has 0 unspecified atom stereocenters. The zero-order valence-corrected chi connectivity index (χ0v) is 22.4. The molecule has 4 aromatic heterocycles. The number of para-hydroxylation sites is 1. The van der Waals surface area contributed by atoms with Crippen LogP contribution in [-0.4, -0.2) is 45.1 Å². The standard InChI is InChI=1S/C29H24N10O2/c1-17(34-28(40)25-23-15-31-16-33-39(23)36-26(25)30)27-35-22-11-7-8-19(12-13-20-14-32-37(3)18(20)2)24(22)29(41)38(27)21-9-5-4-6-10-21/h4-11,14-17H,1-3H3,(H2,30,36)(H,34,40)/t17-/m0/s1. The van der Waals surface area contributed by atoms with Crippen LogP contribution in [0.5, 0.6) is 0 Å². The number of amides is 1. The van der Waals surface area contributed by atoms with Gasteiger partial charge in [-0.15, -0.1) is 14.8 Å². The number of carbonyl (C=O) groups excluding carboxylic acids is 1. The van der Waals surface area contributed by atoms with Gasteiger partial charge in [0, 0.05) is 12.6 Å². The maximum Gasteiger partial charge on any atom is 0.267 e. The van der Waals surface area contributed by atoms with Crippen molar-refractivity contribution in [1.82, 2.24) is 44.5 Å². The van der Waals surface area contributed by atoms with E-state index in [1.165, 1.54) is 21.7 Å². The van der Waals surface area contributed by atoms with E-state index in [-0.39, 0.29) is 16.9 Å². The Kier molecular flexibility index (Phi) is 6.24. The lowest BCUT2D eigenvalue weighted by atomic mass is 10.1. The fourth-order valence-corrected chi connectivity index (χ4v) is 4.61. The number of hydrogen-bond donors (Lipinski definition) is 2. The molecule has 202 valence electrons. The highest BCUT2D eigenvalue weighted by atomic mass is 16.2. The first-order valence-corrected chi connectivity index (χ1v) is 12.7. The van der Waals surface area contributed by atoms with Gasteiger partial charge in [-0.3, -0.25) is 18.8 Å². The van der Waals surface area contributed by atoms with Gasteiger partial charge >= 0.3 is 0 Å². The maximum atomic E-state index is 14.2. The number of aryl methyl sites for hydroxylation is 1. The SMILES string of the molecule is Cc1c(C#Cc2cccc3nc([C@H](C)NC(=O)c4c(N)nn5ncncc45)n(-c4ccccc4)c(=O)c23)cnn1C. The number of nitrogens with one attached hydrogen (secondary N) is 1. The van der Waals surface area contributed by atoms with Crippen molar-refractivity contribution in [3.05, 3.63) is 106 Å². The summed E-state index contributed by atoms with van der Waals surface area (Å²) in [5.41, 5.74) is 9.49. The third-order valence-corrected chi connectivity index (χ3v) is 6.82. The molecule has 3 N–H and O–H groups in total. The average Bonchev–Trinajstić information content (AvgIpc) is 3.49. The Bertz CT molecular complexity index is 2080. The number of rotatable bonds is 4. The van der Waals surface area contributed by atoms with E-state index in [1.807, 2.05) is 32.2 Å². The van der Waals surface area contributed by atoms with E-state index in [1.54, 1.807) is 48.1 Å². The molecule has 2 aromatic carbocycles. The van der Waals surface area contributed by atoms with Gasteiger partial charge in [0.2, 0.25) is 0 Å².